The average molecular weight is 356 g/mol. The first kappa shape index (κ1) is 17.5. The van der Waals surface area contributed by atoms with Crippen LogP contribution in [0, 0.1) is 0 Å². The van der Waals surface area contributed by atoms with Crippen LogP contribution >= 0.6 is 11.8 Å². The molecule has 1 aromatic carbocycles. The fourth-order valence-corrected chi connectivity index (χ4v) is 3.24. The van der Waals surface area contributed by atoms with E-state index in [1.165, 1.54) is 5.56 Å². The minimum absolute atomic E-state index is 0.119. The second-order valence-electron chi connectivity index (χ2n) is 5.86. The Balaban J connectivity index is 1.47. The molecule has 25 heavy (non-hydrogen) atoms. The maximum atomic E-state index is 11.6. The molecule has 1 fully saturated rings. The first-order valence-electron chi connectivity index (χ1n) is 8.32. The van der Waals surface area contributed by atoms with E-state index in [1.54, 1.807) is 0 Å². The van der Waals surface area contributed by atoms with Crippen molar-refractivity contribution in [2.45, 2.75) is 32.2 Å². The van der Waals surface area contributed by atoms with Crippen molar-refractivity contribution in [2.75, 3.05) is 6.61 Å². The van der Waals surface area contributed by atoms with E-state index in [9.17, 15) is 9.59 Å². The molecule has 3 rings (SSSR count). The topological polar surface area (TPSA) is 68.3 Å². The van der Waals surface area contributed by atoms with Gasteiger partial charge >= 0.3 is 0 Å². The Bertz CT molecular complexity index is 744. The van der Waals surface area contributed by atoms with Crippen molar-refractivity contribution in [2.24, 2.45) is 0 Å². The molecule has 1 saturated heterocycles. The number of thioether (sulfide) groups is 1. The van der Waals surface area contributed by atoms with E-state index in [0.29, 0.717) is 13.0 Å². The third kappa shape index (κ3) is 4.82. The molecule has 0 radical (unpaired) electrons. The summed E-state index contributed by atoms with van der Waals surface area (Å²) in [5.41, 5.74) is 3.24. The van der Waals surface area contributed by atoms with Gasteiger partial charge in [-0.25, -0.2) is 0 Å². The molecule has 5 nitrogen and oxygen atoms in total. The molecule has 0 bridgehead atoms. The van der Waals surface area contributed by atoms with E-state index in [2.05, 4.69) is 23.3 Å². The summed E-state index contributed by atoms with van der Waals surface area (Å²) >= 11 is 0.743. The summed E-state index contributed by atoms with van der Waals surface area (Å²) in [4.78, 5) is 27.2. The van der Waals surface area contributed by atoms with Gasteiger partial charge in [-0.2, -0.15) is 0 Å². The van der Waals surface area contributed by atoms with E-state index >= 15 is 0 Å². The first-order chi connectivity index (χ1) is 12.1. The number of nitrogens with one attached hydrogen (secondary N) is 1. The Morgan fingerprint density at radius 3 is 2.48 bits per heavy atom. The molecule has 1 aliphatic rings. The lowest BCUT2D eigenvalue weighted by Crippen LogP contribution is -2.30. The van der Waals surface area contributed by atoms with Crippen LogP contribution in [0.25, 0.3) is 0 Å². The van der Waals surface area contributed by atoms with E-state index < -0.39 is 6.04 Å². The van der Waals surface area contributed by atoms with Crippen molar-refractivity contribution in [3.63, 3.8) is 0 Å². The fraction of sp³-hybridized carbons (Fsp3) is 0.316. The van der Waals surface area contributed by atoms with Crippen LogP contribution in [0.2, 0.25) is 0 Å². The minimum atomic E-state index is -0.429. The Morgan fingerprint density at radius 1 is 1.12 bits per heavy atom. The average Bonchev–Trinajstić information content (AvgIpc) is 2.94. The van der Waals surface area contributed by atoms with E-state index in [4.69, 9.17) is 4.74 Å². The SMILES string of the molecule is CCc1ccc(CCOc2ccc(CC3NC(=O)SC3=O)cc2)nc1. The number of pyridine rings is 1. The quantitative estimate of drug-likeness (QED) is 0.825. The zero-order valence-corrected chi connectivity index (χ0v) is 14.8. The number of nitrogens with zero attached hydrogens (tertiary/aromatic N) is 1. The number of carbonyl (C=O) groups excluding carboxylic acids is 2. The van der Waals surface area contributed by atoms with E-state index in [1.807, 2.05) is 36.5 Å². The number of carbonyl (C=O) groups is 2. The van der Waals surface area contributed by atoms with Crippen LogP contribution in [-0.4, -0.2) is 28.0 Å². The molecule has 1 amide bonds. The normalized spacial score (nSPS) is 16.8. The molecular weight excluding hydrogens is 336 g/mol. The predicted octanol–water partition coefficient (Wildman–Crippen LogP) is 3.16. The predicted molar refractivity (Wildman–Crippen MR) is 97.9 cm³/mol. The van der Waals surface area contributed by atoms with Gasteiger partial charge in [0.05, 0.1) is 6.61 Å². The zero-order chi connectivity index (χ0) is 17.6. The second-order valence-corrected chi connectivity index (χ2v) is 6.84. The van der Waals surface area contributed by atoms with Crippen LogP contribution in [0.5, 0.6) is 5.75 Å². The lowest BCUT2D eigenvalue weighted by molar-refractivity contribution is -0.112. The van der Waals surface area contributed by atoms with Gasteiger partial charge in [-0.3, -0.25) is 14.6 Å². The van der Waals surface area contributed by atoms with Gasteiger partial charge in [-0.1, -0.05) is 25.1 Å². The smallest absolute Gasteiger partial charge is 0.287 e. The van der Waals surface area contributed by atoms with Crippen molar-refractivity contribution in [1.29, 1.82) is 0 Å². The molecule has 1 N–H and O–H groups in total. The number of rotatable bonds is 7. The first-order valence-corrected chi connectivity index (χ1v) is 9.13. The number of benzene rings is 1. The highest BCUT2D eigenvalue weighted by atomic mass is 32.2. The molecule has 1 aliphatic heterocycles. The Morgan fingerprint density at radius 2 is 1.88 bits per heavy atom. The Labute approximate surface area is 151 Å². The molecule has 0 spiro atoms. The summed E-state index contributed by atoms with van der Waals surface area (Å²) in [5, 5.41) is 2.28. The number of ether oxygens (including phenoxy) is 1. The largest absolute Gasteiger partial charge is 0.493 e. The highest BCUT2D eigenvalue weighted by Gasteiger charge is 2.31. The molecule has 0 aliphatic carbocycles. The summed E-state index contributed by atoms with van der Waals surface area (Å²) in [6.45, 7) is 2.67. The third-order valence-electron chi connectivity index (χ3n) is 4.05. The number of amides is 1. The van der Waals surface area contributed by atoms with Crippen molar-refractivity contribution in [3.8, 4) is 5.75 Å². The minimum Gasteiger partial charge on any atom is -0.493 e. The zero-order valence-electron chi connectivity index (χ0n) is 14.0. The van der Waals surface area contributed by atoms with Gasteiger partial charge in [-0.05, 0) is 35.7 Å². The van der Waals surface area contributed by atoms with Gasteiger partial charge in [0.1, 0.15) is 11.8 Å². The monoisotopic (exact) mass is 356 g/mol. The summed E-state index contributed by atoms with van der Waals surface area (Å²) in [7, 11) is 0. The van der Waals surface area contributed by atoms with E-state index in [0.717, 1.165) is 41.6 Å². The lowest BCUT2D eigenvalue weighted by atomic mass is 10.1. The van der Waals surface area contributed by atoms with Gasteiger partial charge in [0.2, 0.25) is 5.12 Å². The van der Waals surface area contributed by atoms with E-state index in [-0.39, 0.29) is 10.4 Å². The number of aryl methyl sites for hydroxylation is 1. The second kappa shape index (κ2) is 8.16. The molecule has 1 unspecified atom stereocenters. The number of aromatic nitrogens is 1. The van der Waals surface area contributed by atoms with Crippen LogP contribution < -0.4 is 10.1 Å². The van der Waals surface area contributed by atoms with Gasteiger partial charge in [0, 0.05) is 36.5 Å². The van der Waals surface area contributed by atoms with Crippen LogP contribution in [0.15, 0.2) is 42.6 Å². The van der Waals surface area contributed by atoms with Crippen LogP contribution in [0.3, 0.4) is 0 Å². The molecule has 130 valence electrons. The summed E-state index contributed by atoms with van der Waals surface area (Å²) < 4.78 is 5.75. The van der Waals surface area contributed by atoms with Gasteiger partial charge in [0.25, 0.3) is 5.24 Å². The van der Waals surface area contributed by atoms with Crippen LogP contribution in [0.4, 0.5) is 4.79 Å². The van der Waals surface area contributed by atoms with Crippen molar-refractivity contribution in [3.05, 3.63) is 59.4 Å². The Kier molecular flexibility index (Phi) is 5.71. The third-order valence-corrected chi connectivity index (χ3v) is 4.84. The molecular formula is C19H20N2O3S. The van der Waals surface area contributed by atoms with Crippen molar-refractivity contribution >= 4 is 22.1 Å². The van der Waals surface area contributed by atoms with Gasteiger partial charge in [-0.15, -0.1) is 0 Å². The van der Waals surface area contributed by atoms with Crippen molar-refractivity contribution < 1.29 is 14.3 Å². The highest BCUT2D eigenvalue weighted by Crippen LogP contribution is 2.20. The standard InChI is InChI=1S/C19H20N2O3S/c1-2-13-3-6-15(20-12-13)9-10-24-16-7-4-14(5-8-16)11-17-18(22)25-19(23)21-17/h3-8,12,17H,2,9-11H2,1H3,(H,21,23). The maximum Gasteiger partial charge on any atom is 0.287 e. The van der Waals surface area contributed by atoms with Gasteiger partial charge < -0.3 is 10.1 Å². The van der Waals surface area contributed by atoms with Crippen LogP contribution in [0.1, 0.15) is 23.7 Å². The molecule has 2 aromatic rings. The van der Waals surface area contributed by atoms with Crippen LogP contribution in [-0.2, 0) is 24.1 Å². The molecule has 0 saturated carbocycles. The maximum absolute atomic E-state index is 11.6. The number of hydrogen-bond donors (Lipinski definition) is 1. The molecule has 1 atom stereocenters. The fourth-order valence-electron chi connectivity index (χ4n) is 2.57. The summed E-state index contributed by atoms with van der Waals surface area (Å²) in [6, 6.07) is 11.3. The molecule has 2 heterocycles. The Hall–Kier alpha value is -2.34. The van der Waals surface area contributed by atoms with Crippen molar-refractivity contribution in [1.82, 2.24) is 10.3 Å². The lowest BCUT2D eigenvalue weighted by Gasteiger charge is -2.10. The molecule has 6 heteroatoms. The van der Waals surface area contributed by atoms with Gasteiger partial charge in [0.15, 0.2) is 0 Å². The molecule has 1 aromatic heterocycles. The summed E-state index contributed by atoms with van der Waals surface area (Å²) in [5.74, 6) is 0.782. The highest BCUT2D eigenvalue weighted by molar-refractivity contribution is 8.26. The number of hydrogen-bond acceptors (Lipinski definition) is 5. The summed E-state index contributed by atoms with van der Waals surface area (Å²) in [6.07, 6.45) is 4.16.